The average molecular weight is 447 g/mol. The van der Waals surface area contributed by atoms with Crippen LogP contribution in [0.15, 0.2) is 47.1 Å². The third-order valence-electron chi connectivity index (χ3n) is 6.62. The van der Waals surface area contributed by atoms with Crippen LogP contribution in [-0.4, -0.2) is 15.2 Å². The zero-order valence-corrected chi connectivity index (χ0v) is 18.5. The van der Waals surface area contributed by atoms with E-state index in [1.54, 1.807) is 13.1 Å². The van der Waals surface area contributed by atoms with Crippen LogP contribution in [0.4, 0.5) is 0 Å². The molecule has 1 N–H and O–H groups in total. The van der Waals surface area contributed by atoms with E-state index in [9.17, 15) is 5.11 Å². The summed E-state index contributed by atoms with van der Waals surface area (Å²) in [5.41, 5.74) is 6.99. The second-order valence-corrected chi connectivity index (χ2v) is 9.18. The van der Waals surface area contributed by atoms with Gasteiger partial charge in [0.25, 0.3) is 0 Å². The quantitative estimate of drug-likeness (QED) is 0.408. The molecular formula is C26H23ClN2O3. The molecule has 2 aromatic heterocycles. The molecule has 0 bridgehead atoms. The van der Waals surface area contributed by atoms with Crippen LogP contribution >= 0.6 is 11.6 Å². The highest BCUT2D eigenvalue weighted by molar-refractivity contribution is 6.31. The van der Waals surface area contributed by atoms with E-state index in [0.717, 1.165) is 76.0 Å². The van der Waals surface area contributed by atoms with E-state index in [0.29, 0.717) is 11.4 Å². The van der Waals surface area contributed by atoms with Gasteiger partial charge in [0.15, 0.2) is 11.9 Å². The molecule has 0 radical (unpaired) electrons. The van der Waals surface area contributed by atoms with E-state index in [1.807, 2.05) is 36.4 Å². The molecule has 0 amide bonds. The molecule has 0 saturated carbocycles. The number of hydrogen-bond donors (Lipinski definition) is 1. The largest absolute Gasteiger partial charge is 0.481 e. The highest BCUT2D eigenvalue weighted by Gasteiger charge is 2.34. The lowest BCUT2D eigenvalue weighted by Crippen LogP contribution is -2.08. The van der Waals surface area contributed by atoms with Gasteiger partial charge in [0, 0.05) is 39.7 Å². The van der Waals surface area contributed by atoms with Crippen molar-refractivity contribution >= 4 is 22.5 Å². The standard InChI is InChI=1S/C26H23ClN2O3/c1-14(30)15-6-7-19-18(8-9-28-23(19)11-15)21-13-17(27)10-16-12-24(31-25(16)21)26-20-4-2-3-5-22(20)29-32-26/h6-11,13-14,24,30H,2-5,12H2,1H3/t14?,24-/m1/s1. The molecule has 3 heterocycles. The number of aliphatic hydroxyl groups excluding tert-OH is 1. The lowest BCUT2D eigenvalue weighted by atomic mass is 9.93. The van der Waals surface area contributed by atoms with Crippen molar-refractivity contribution in [3.05, 3.63) is 75.8 Å². The van der Waals surface area contributed by atoms with Gasteiger partial charge >= 0.3 is 0 Å². The number of nitrogens with zero attached hydrogens (tertiary/aromatic N) is 2. The second kappa shape index (κ2) is 7.61. The number of halogens is 1. The van der Waals surface area contributed by atoms with Crippen LogP contribution in [0.1, 0.15) is 60.1 Å². The summed E-state index contributed by atoms with van der Waals surface area (Å²) in [4.78, 5) is 4.52. The molecule has 2 atom stereocenters. The summed E-state index contributed by atoms with van der Waals surface area (Å²) >= 11 is 6.54. The maximum atomic E-state index is 9.96. The predicted molar refractivity (Wildman–Crippen MR) is 123 cm³/mol. The molecule has 0 spiro atoms. The Hall–Kier alpha value is -2.89. The average Bonchev–Trinajstić information content (AvgIpc) is 3.41. The van der Waals surface area contributed by atoms with E-state index in [4.69, 9.17) is 20.9 Å². The van der Waals surface area contributed by atoms with Crippen LogP contribution in [0.2, 0.25) is 5.02 Å². The van der Waals surface area contributed by atoms with Gasteiger partial charge in [-0.3, -0.25) is 4.98 Å². The number of aryl methyl sites for hydroxylation is 1. The van der Waals surface area contributed by atoms with Gasteiger partial charge < -0.3 is 14.4 Å². The van der Waals surface area contributed by atoms with Crippen molar-refractivity contribution < 1.29 is 14.4 Å². The first kappa shape index (κ1) is 19.8. The Morgan fingerprint density at radius 2 is 1.97 bits per heavy atom. The Morgan fingerprint density at radius 3 is 2.84 bits per heavy atom. The summed E-state index contributed by atoms with van der Waals surface area (Å²) in [6, 6.07) is 11.8. The fourth-order valence-corrected chi connectivity index (χ4v) is 5.24. The summed E-state index contributed by atoms with van der Waals surface area (Å²) in [7, 11) is 0. The Labute approximate surface area is 191 Å². The molecule has 2 aromatic carbocycles. The van der Waals surface area contributed by atoms with E-state index in [1.165, 1.54) is 5.56 Å². The minimum Gasteiger partial charge on any atom is -0.481 e. The first-order chi connectivity index (χ1) is 15.6. The Morgan fingerprint density at radius 1 is 1.09 bits per heavy atom. The predicted octanol–water partition coefficient (Wildman–Crippen LogP) is 6.15. The number of aliphatic hydroxyl groups is 1. The zero-order chi connectivity index (χ0) is 21.8. The van der Waals surface area contributed by atoms with Crippen LogP contribution in [0.3, 0.4) is 0 Å². The van der Waals surface area contributed by atoms with Crippen molar-refractivity contribution in [2.75, 3.05) is 0 Å². The molecule has 0 saturated heterocycles. The maximum absolute atomic E-state index is 9.96. The summed E-state index contributed by atoms with van der Waals surface area (Å²) in [6.45, 7) is 1.76. The summed E-state index contributed by atoms with van der Waals surface area (Å²) < 4.78 is 12.3. The van der Waals surface area contributed by atoms with E-state index >= 15 is 0 Å². The molecule has 1 unspecified atom stereocenters. The number of aromatic nitrogens is 2. The Balaban J connectivity index is 1.44. The van der Waals surface area contributed by atoms with Crippen molar-refractivity contribution in [2.45, 2.75) is 51.2 Å². The van der Waals surface area contributed by atoms with Gasteiger partial charge in [-0.1, -0.05) is 28.9 Å². The second-order valence-electron chi connectivity index (χ2n) is 8.74. The van der Waals surface area contributed by atoms with Gasteiger partial charge in [-0.2, -0.15) is 0 Å². The fraction of sp³-hybridized carbons (Fsp3) is 0.308. The monoisotopic (exact) mass is 446 g/mol. The molecule has 5 nitrogen and oxygen atoms in total. The molecule has 1 aliphatic carbocycles. The van der Waals surface area contributed by atoms with Gasteiger partial charge in [-0.15, -0.1) is 0 Å². The minimum absolute atomic E-state index is 0.188. The number of hydrogen-bond acceptors (Lipinski definition) is 5. The van der Waals surface area contributed by atoms with Crippen LogP contribution in [-0.2, 0) is 19.3 Å². The van der Waals surface area contributed by atoms with Crippen LogP contribution in [0.5, 0.6) is 5.75 Å². The smallest absolute Gasteiger partial charge is 0.181 e. The van der Waals surface area contributed by atoms with Crippen molar-refractivity contribution in [1.82, 2.24) is 10.1 Å². The molecule has 2 aliphatic rings. The van der Waals surface area contributed by atoms with Gasteiger partial charge in [0.05, 0.1) is 17.3 Å². The van der Waals surface area contributed by atoms with Crippen molar-refractivity contribution in [2.24, 2.45) is 0 Å². The number of pyridine rings is 1. The van der Waals surface area contributed by atoms with Gasteiger partial charge in [-0.25, -0.2) is 0 Å². The lowest BCUT2D eigenvalue weighted by molar-refractivity contribution is 0.189. The van der Waals surface area contributed by atoms with Crippen LogP contribution in [0, 0.1) is 0 Å². The number of benzene rings is 2. The molecule has 1 aliphatic heterocycles. The van der Waals surface area contributed by atoms with Crippen LogP contribution in [0.25, 0.3) is 22.0 Å². The molecule has 162 valence electrons. The number of fused-ring (bicyclic) bond motifs is 3. The Bertz CT molecular complexity index is 1340. The normalized spacial score (nSPS) is 18.3. The van der Waals surface area contributed by atoms with E-state index < -0.39 is 6.10 Å². The molecule has 32 heavy (non-hydrogen) atoms. The third-order valence-corrected chi connectivity index (χ3v) is 6.84. The molecular weight excluding hydrogens is 424 g/mol. The maximum Gasteiger partial charge on any atom is 0.181 e. The van der Waals surface area contributed by atoms with Gasteiger partial charge in [0.2, 0.25) is 0 Å². The van der Waals surface area contributed by atoms with Crippen molar-refractivity contribution in [3.8, 4) is 16.9 Å². The highest BCUT2D eigenvalue weighted by Crippen LogP contribution is 2.47. The first-order valence-electron chi connectivity index (χ1n) is 11.1. The molecule has 6 heteroatoms. The third kappa shape index (κ3) is 3.19. The van der Waals surface area contributed by atoms with E-state index in [2.05, 4.69) is 10.1 Å². The summed E-state index contributed by atoms with van der Waals surface area (Å²) in [6.07, 6.45) is 6.07. The topological polar surface area (TPSA) is 68.4 Å². The zero-order valence-electron chi connectivity index (χ0n) is 17.8. The molecule has 4 aromatic rings. The summed E-state index contributed by atoms with van der Waals surface area (Å²) in [5, 5.41) is 15.9. The lowest BCUT2D eigenvalue weighted by Gasteiger charge is -2.15. The van der Waals surface area contributed by atoms with Gasteiger partial charge in [0.1, 0.15) is 5.75 Å². The fourth-order valence-electron chi connectivity index (χ4n) is 5.00. The summed E-state index contributed by atoms with van der Waals surface area (Å²) in [5.74, 6) is 1.70. The SMILES string of the molecule is CC(O)c1ccc2c(-c3cc(Cl)cc4c3O[C@@H](c3onc5c3CCCC5)C4)ccnc2c1. The number of ether oxygens (including phenoxy) is 1. The number of rotatable bonds is 3. The molecule has 6 rings (SSSR count). The Kier molecular flexibility index (Phi) is 4.70. The van der Waals surface area contributed by atoms with Crippen molar-refractivity contribution in [3.63, 3.8) is 0 Å². The minimum atomic E-state index is -0.544. The molecule has 0 fully saturated rings. The van der Waals surface area contributed by atoms with Crippen LogP contribution < -0.4 is 4.74 Å². The van der Waals surface area contributed by atoms with Crippen molar-refractivity contribution in [1.29, 1.82) is 0 Å². The van der Waals surface area contributed by atoms with Gasteiger partial charge in [-0.05, 0) is 68.0 Å². The highest BCUT2D eigenvalue weighted by atomic mass is 35.5. The first-order valence-corrected chi connectivity index (χ1v) is 11.5. The van der Waals surface area contributed by atoms with E-state index in [-0.39, 0.29) is 6.10 Å².